The summed E-state index contributed by atoms with van der Waals surface area (Å²) in [5, 5.41) is 16.1. The molecule has 0 unspecified atom stereocenters. The molecule has 2 N–H and O–H groups in total. The maximum Gasteiger partial charge on any atom is 0.230 e. The maximum atomic E-state index is 12.7. The molecule has 4 aliphatic rings. The van der Waals surface area contributed by atoms with Crippen molar-refractivity contribution in [1.82, 2.24) is 15.5 Å². The summed E-state index contributed by atoms with van der Waals surface area (Å²) >= 11 is 2.99. The van der Waals surface area contributed by atoms with Gasteiger partial charge in [0.05, 0.1) is 5.75 Å². The van der Waals surface area contributed by atoms with Gasteiger partial charge in [-0.2, -0.15) is 0 Å². The van der Waals surface area contributed by atoms with Crippen molar-refractivity contribution < 1.29 is 4.79 Å². The molecule has 0 aliphatic heterocycles. The number of benzene rings is 1. The number of nitrogens with one attached hydrogen (secondary N) is 2. The molecule has 29 heavy (non-hydrogen) atoms. The number of amides is 1. The fourth-order valence-electron chi connectivity index (χ4n) is 6.04. The number of carbonyl (C=O) groups excluding carboxylic acids is 1. The minimum Gasteiger partial charge on any atom is -0.350 e. The van der Waals surface area contributed by atoms with E-state index in [1.807, 2.05) is 6.07 Å². The van der Waals surface area contributed by atoms with Crippen LogP contribution in [0.3, 0.4) is 0 Å². The second-order valence-electron chi connectivity index (χ2n) is 9.28. The number of hydrogen-bond donors (Lipinski definition) is 2. The van der Waals surface area contributed by atoms with Crippen LogP contribution in [0.5, 0.6) is 0 Å². The predicted octanol–water partition coefficient (Wildman–Crippen LogP) is 5.08. The van der Waals surface area contributed by atoms with E-state index in [0.717, 1.165) is 32.9 Å². The summed E-state index contributed by atoms with van der Waals surface area (Å²) in [7, 11) is 0. The lowest BCUT2D eigenvalue weighted by Gasteiger charge is -2.56. The van der Waals surface area contributed by atoms with E-state index in [1.54, 1.807) is 0 Å². The van der Waals surface area contributed by atoms with E-state index in [-0.39, 0.29) is 11.4 Å². The van der Waals surface area contributed by atoms with E-state index in [1.165, 1.54) is 72.8 Å². The molecule has 0 saturated heterocycles. The Morgan fingerprint density at radius 3 is 2.52 bits per heavy atom. The van der Waals surface area contributed by atoms with Gasteiger partial charge in [0.2, 0.25) is 11.0 Å². The zero-order valence-electron chi connectivity index (χ0n) is 17.0. The predicted molar refractivity (Wildman–Crippen MR) is 119 cm³/mol. The van der Waals surface area contributed by atoms with Gasteiger partial charge in [-0.25, -0.2) is 0 Å². The molecule has 4 saturated carbocycles. The SMILES string of the molecule is Cc1cccc(Nc2nnc(SCC(=O)NC34CC5CC(CC(C5)C3)C4)s2)c1C. The molecule has 4 aliphatic carbocycles. The topological polar surface area (TPSA) is 66.9 Å². The van der Waals surface area contributed by atoms with Crippen molar-refractivity contribution in [1.29, 1.82) is 0 Å². The van der Waals surface area contributed by atoms with Crippen LogP contribution in [-0.4, -0.2) is 27.4 Å². The molecule has 2 aromatic rings. The highest BCUT2D eigenvalue weighted by molar-refractivity contribution is 8.01. The van der Waals surface area contributed by atoms with Crippen LogP contribution in [0.15, 0.2) is 22.5 Å². The van der Waals surface area contributed by atoms with E-state index in [4.69, 9.17) is 0 Å². The Balaban J connectivity index is 1.16. The first kappa shape index (κ1) is 19.4. The monoisotopic (exact) mass is 428 g/mol. The van der Waals surface area contributed by atoms with Crippen LogP contribution in [0.25, 0.3) is 0 Å². The summed E-state index contributed by atoms with van der Waals surface area (Å²) in [5.41, 5.74) is 3.60. The quantitative estimate of drug-likeness (QED) is 0.629. The molecule has 6 rings (SSSR count). The number of nitrogens with zero attached hydrogens (tertiary/aromatic N) is 2. The lowest BCUT2D eigenvalue weighted by atomic mass is 9.53. The Morgan fingerprint density at radius 2 is 1.83 bits per heavy atom. The van der Waals surface area contributed by atoms with Gasteiger partial charge < -0.3 is 10.6 Å². The fraction of sp³-hybridized carbons (Fsp3) is 0.591. The third kappa shape index (κ3) is 4.04. The number of anilines is 2. The Hall–Kier alpha value is -1.60. The minimum atomic E-state index is 0.0862. The number of rotatable bonds is 6. The van der Waals surface area contributed by atoms with Gasteiger partial charge in [0.15, 0.2) is 4.34 Å². The highest BCUT2D eigenvalue weighted by Gasteiger charge is 2.51. The highest BCUT2D eigenvalue weighted by atomic mass is 32.2. The van der Waals surface area contributed by atoms with Crippen molar-refractivity contribution in [2.24, 2.45) is 17.8 Å². The average molecular weight is 429 g/mol. The standard InChI is InChI=1S/C22H28N4OS2/c1-13-4-3-5-18(14(13)2)23-20-25-26-21(29-20)28-12-19(27)24-22-9-15-6-16(10-22)8-17(7-15)11-22/h3-5,15-17H,6-12H2,1-2H3,(H,23,25)(H,24,27). The third-order valence-corrected chi connectivity index (χ3v) is 8.99. The molecule has 7 heteroatoms. The molecule has 1 heterocycles. The average Bonchev–Trinajstić information content (AvgIpc) is 3.10. The maximum absolute atomic E-state index is 12.7. The first-order valence-electron chi connectivity index (χ1n) is 10.6. The van der Waals surface area contributed by atoms with Gasteiger partial charge in [0, 0.05) is 11.2 Å². The van der Waals surface area contributed by atoms with Crippen LogP contribution < -0.4 is 10.6 Å². The van der Waals surface area contributed by atoms with Crippen molar-refractivity contribution in [3.05, 3.63) is 29.3 Å². The number of hydrogen-bond acceptors (Lipinski definition) is 6. The Morgan fingerprint density at radius 1 is 1.14 bits per heavy atom. The lowest BCUT2D eigenvalue weighted by molar-refractivity contribution is -0.124. The first-order valence-corrected chi connectivity index (χ1v) is 12.4. The zero-order chi connectivity index (χ0) is 20.0. The summed E-state index contributed by atoms with van der Waals surface area (Å²) in [6.07, 6.45) is 7.76. The summed E-state index contributed by atoms with van der Waals surface area (Å²) in [4.78, 5) is 12.7. The molecule has 0 atom stereocenters. The van der Waals surface area contributed by atoms with E-state index >= 15 is 0 Å². The number of aryl methyl sites for hydroxylation is 1. The summed E-state index contributed by atoms with van der Waals surface area (Å²) in [5.74, 6) is 3.10. The summed E-state index contributed by atoms with van der Waals surface area (Å²) in [6, 6.07) is 6.19. The Labute approximate surface area is 180 Å². The number of thioether (sulfide) groups is 1. The van der Waals surface area contributed by atoms with Crippen LogP contribution in [0.1, 0.15) is 49.7 Å². The van der Waals surface area contributed by atoms with Gasteiger partial charge in [-0.05, 0) is 87.3 Å². The molecule has 154 valence electrons. The molecule has 4 bridgehead atoms. The molecule has 1 amide bonds. The van der Waals surface area contributed by atoms with Gasteiger partial charge in [0.25, 0.3) is 0 Å². The van der Waals surface area contributed by atoms with Crippen molar-refractivity contribution in [2.75, 3.05) is 11.1 Å². The second kappa shape index (κ2) is 7.58. The number of aromatic nitrogens is 2. The van der Waals surface area contributed by atoms with E-state index in [9.17, 15) is 4.79 Å². The van der Waals surface area contributed by atoms with Gasteiger partial charge in [-0.1, -0.05) is 35.2 Å². The van der Waals surface area contributed by atoms with Gasteiger partial charge >= 0.3 is 0 Å². The van der Waals surface area contributed by atoms with Crippen LogP contribution in [-0.2, 0) is 4.79 Å². The Kier molecular flexibility index (Phi) is 5.06. The second-order valence-corrected chi connectivity index (χ2v) is 11.5. The summed E-state index contributed by atoms with van der Waals surface area (Å²) < 4.78 is 0.832. The normalized spacial score (nSPS) is 29.8. The Bertz CT molecular complexity index is 890. The van der Waals surface area contributed by atoms with E-state index < -0.39 is 0 Å². The largest absolute Gasteiger partial charge is 0.350 e. The van der Waals surface area contributed by atoms with Crippen LogP contribution in [0.2, 0.25) is 0 Å². The number of carbonyl (C=O) groups is 1. The molecular formula is C22H28N4OS2. The zero-order valence-corrected chi connectivity index (χ0v) is 18.7. The van der Waals surface area contributed by atoms with Crippen molar-refractivity contribution in [3.63, 3.8) is 0 Å². The third-order valence-electron chi connectivity index (χ3n) is 7.02. The summed E-state index contributed by atoms with van der Waals surface area (Å²) in [6.45, 7) is 4.20. The minimum absolute atomic E-state index is 0.0862. The van der Waals surface area contributed by atoms with E-state index in [2.05, 4.69) is 46.8 Å². The lowest BCUT2D eigenvalue weighted by Crippen LogP contribution is -2.60. The molecule has 1 aromatic carbocycles. The van der Waals surface area contributed by atoms with Crippen molar-refractivity contribution >= 4 is 39.8 Å². The van der Waals surface area contributed by atoms with Crippen molar-refractivity contribution in [3.8, 4) is 0 Å². The smallest absolute Gasteiger partial charge is 0.230 e. The molecular weight excluding hydrogens is 400 g/mol. The van der Waals surface area contributed by atoms with Crippen molar-refractivity contribution in [2.45, 2.75) is 62.3 Å². The molecule has 0 spiro atoms. The van der Waals surface area contributed by atoms with Gasteiger partial charge in [-0.3, -0.25) is 4.79 Å². The van der Waals surface area contributed by atoms with Crippen LogP contribution >= 0.6 is 23.1 Å². The molecule has 0 radical (unpaired) electrons. The van der Waals surface area contributed by atoms with Crippen LogP contribution in [0, 0.1) is 31.6 Å². The van der Waals surface area contributed by atoms with Gasteiger partial charge in [-0.15, -0.1) is 10.2 Å². The molecule has 1 aromatic heterocycles. The van der Waals surface area contributed by atoms with Crippen LogP contribution in [0.4, 0.5) is 10.8 Å². The molecule has 5 nitrogen and oxygen atoms in total. The van der Waals surface area contributed by atoms with Gasteiger partial charge in [0.1, 0.15) is 0 Å². The van der Waals surface area contributed by atoms with E-state index in [0.29, 0.717) is 5.75 Å². The highest BCUT2D eigenvalue weighted by Crippen LogP contribution is 2.55. The first-order chi connectivity index (χ1) is 14.0. The fourth-order valence-corrected chi connectivity index (χ4v) is 7.61. The molecule has 4 fully saturated rings.